The number of alkyl halides is 5. The smallest absolute Gasteiger partial charge is 0.351 e. The summed E-state index contributed by atoms with van der Waals surface area (Å²) < 4.78 is 93.2. The molecule has 180 valence electrons. The zero-order valence-corrected chi connectivity index (χ0v) is 17.2. The van der Waals surface area contributed by atoms with Gasteiger partial charge in [0.1, 0.15) is 17.3 Å². The van der Waals surface area contributed by atoms with Crippen LogP contribution in [0.3, 0.4) is 0 Å². The van der Waals surface area contributed by atoms with E-state index in [2.05, 4.69) is 35.6 Å². The molecule has 0 amide bonds. The SMILES string of the molecule is Fc1cc(F)cc(Nc2nc(NC3CCC(F)(F)CC3)nc(-c3cncc(C(F)(F)F)n3)n2)c1. The van der Waals surface area contributed by atoms with Crippen LogP contribution in [0.25, 0.3) is 11.5 Å². The van der Waals surface area contributed by atoms with Crippen LogP contribution < -0.4 is 10.6 Å². The molecule has 0 bridgehead atoms. The van der Waals surface area contributed by atoms with Crippen LogP contribution in [0.2, 0.25) is 0 Å². The molecule has 1 saturated carbocycles. The highest BCUT2D eigenvalue weighted by Crippen LogP contribution is 2.34. The molecule has 1 aliphatic rings. The van der Waals surface area contributed by atoms with E-state index < -0.39 is 35.5 Å². The number of hydrogen-bond acceptors (Lipinski definition) is 7. The zero-order chi connectivity index (χ0) is 24.5. The molecule has 4 rings (SSSR count). The fourth-order valence-electron chi connectivity index (χ4n) is 3.34. The van der Waals surface area contributed by atoms with Crippen LogP contribution in [0.4, 0.5) is 48.3 Å². The third-order valence-corrected chi connectivity index (χ3v) is 4.96. The van der Waals surface area contributed by atoms with Crippen molar-refractivity contribution in [2.24, 2.45) is 0 Å². The molecule has 0 aliphatic heterocycles. The van der Waals surface area contributed by atoms with Crippen molar-refractivity contribution >= 4 is 17.6 Å². The highest BCUT2D eigenvalue weighted by molar-refractivity contribution is 5.58. The molecule has 2 aromatic heterocycles. The summed E-state index contributed by atoms with van der Waals surface area (Å²) in [4.78, 5) is 19.1. The summed E-state index contributed by atoms with van der Waals surface area (Å²) in [5.74, 6) is -5.28. The second-order valence-electron chi connectivity index (χ2n) is 7.65. The van der Waals surface area contributed by atoms with E-state index >= 15 is 0 Å². The maximum absolute atomic E-state index is 13.6. The molecule has 14 heteroatoms. The highest BCUT2D eigenvalue weighted by Gasteiger charge is 2.35. The molecule has 0 saturated heterocycles. The summed E-state index contributed by atoms with van der Waals surface area (Å²) in [6, 6.07) is 2.12. The van der Waals surface area contributed by atoms with E-state index in [0.717, 1.165) is 18.3 Å². The van der Waals surface area contributed by atoms with Crippen molar-refractivity contribution in [3.63, 3.8) is 0 Å². The molecular weight excluding hydrogens is 471 g/mol. The van der Waals surface area contributed by atoms with E-state index in [1.54, 1.807) is 0 Å². The Morgan fingerprint density at radius 3 is 2.15 bits per heavy atom. The molecule has 7 nitrogen and oxygen atoms in total. The average molecular weight is 487 g/mol. The van der Waals surface area contributed by atoms with E-state index in [-0.39, 0.29) is 54.8 Å². The average Bonchev–Trinajstić information content (AvgIpc) is 2.74. The molecule has 0 atom stereocenters. The predicted molar refractivity (Wildman–Crippen MR) is 106 cm³/mol. The van der Waals surface area contributed by atoms with Gasteiger partial charge in [0.05, 0.1) is 12.4 Å². The third kappa shape index (κ3) is 5.85. The maximum Gasteiger partial charge on any atom is 0.434 e. The minimum Gasteiger partial charge on any atom is -0.351 e. The first-order chi connectivity index (χ1) is 16.0. The van der Waals surface area contributed by atoms with Crippen molar-refractivity contribution < 1.29 is 30.7 Å². The quantitative estimate of drug-likeness (QED) is 0.469. The Labute approximate surface area is 187 Å². The lowest BCUT2D eigenvalue weighted by Crippen LogP contribution is -2.32. The molecule has 3 aromatic rings. The van der Waals surface area contributed by atoms with Crippen LogP contribution in [0.1, 0.15) is 31.4 Å². The topological polar surface area (TPSA) is 88.5 Å². The van der Waals surface area contributed by atoms with Gasteiger partial charge in [0.2, 0.25) is 17.8 Å². The number of nitrogens with one attached hydrogen (secondary N) is 2. The summed E-state index contributed by atoms with van der Waals surface area (Å²) in [6.45, 7) is 0. The molecular formula is C20H16F7N7. The van der Waals surface area contributed by atoms with E-state index in [9.17, 15) is 30.7 Å². The van der Waals surface area contributed by atoms with Crippen LogP contribution in [0, 0.1) is 11.6 Å². The summed E-state index contributed by atoms with van der Waals surface area (Å²) in [5.41, 5.74) is -1.70. The van der Waals surface area contributed by atoms with Gasteiger partial charge in [-0.2, -0.15) is 28.1 Å². The molecule has 2 N–H and O–H groups in total. The summed E-state index contributed by atoms with van der Waals surface area (Å²) in [6.07, 6.45) is -3.73. The van der Waals surface area contributed by atoms with Gasteiger partial charge in [-0.15, -0.1) is 0 Å². The Balaban J connectivity index is 1.69. The maximum atomic E-state index is 13.6. The highest BCUT2D eigenvalue weighted by atomic mass is 19.4. The largest absolute Gasteiger partial charge is 0.434 e. The van der Waals surface area contributed by atoms with E-state index in [0.29, 0.717) is 12.3 Å². The zero-order valence-electron chi connectivity index (χ0n) is 17.2. The van der Waals surface area contributed by atoms with Gasteiger partial charge in [-0.1, -0.05) is 0 Å². The van der Waals surface area contributed by atoms with Crippen molar-refractivity contribution in [3.05, 3.63) is 47.9 Å². The van der Waals surface area contributed by atoms with Gasteiger partial charge in [-0.25, -0.2) is 22.5 Å². The Morgan fingerprint density at radius 1 is 0.853 bits per heavy atom. The normalized spacial score (nSPS) is 16.3. The van der Waals surface area contributed by atoms with Gasteiger partial charge in [-0.05, 0) is 25.0 Å². The minimum absolute atomic E-state index is 0.0759. The van der Waals surface area contributed by atoms with E-state index in [1.165, 1.54) is 0 Å². The van der Waals surface area contributed by atoms with Gasteiger partial charge in [-0.3, -0.25) is 4.98 Å². The van der Waals surface area contributed by atoms with E-state index in [1.807, 2.05) is 0 Å². The number of benzene rings is 1. The molecule has 0 radical (unpaired) electrons. The predicted octanol–water partition coefficient (Wildman–Crippen LogP) is 5.36. The second kappa shape index (κ2) is 8.99. The fourth-order valence-corrected chi connectivity index (χ4v) is 3.34. The third-order valence-electron chi connectivity index (χ3n) is 4.96. The van der Waals surface area contributed by atoms with Crippen LogP contribution in [-0.2, 0) is 6.18 Å². The summed E-state index contributed by atoms with van der Waals surface area (Å²) in [5, 5.41) is 5.43. The number of halogens is 7. The number of hydrogen-bond donors (Lipinski definition) is 2. The Hall–Kier alpha value is -3.58. The number of rotatable bonds is 5. The van der Waals surface area contributed by atoms with Gasteiger partial charge >= 0.3 is 6.18 Å². The standard InChI is InChI=1S/C20H16F7N7/c21-10-5-11(22)7-13(6-10)30-18-33-16(14-8-28-9-15(31-14)20(25,26)27)32-17(34-18)29-12-1-3-19(23,24)4-2-12/h5-9,12H,1-4H2,(H2,29,30,32,33,34). The van der Waals surface area contributed by atoms with Gasteiger partial charge in [0.15, 0.2) is 11.5 Å². The lowest BCUT2D eigenvalue weighted by atomic mass is 9.92. The van der Waals surface area contributed by atoms with Crippen LogP contribution in [0.5, 0.6) is 0 Å². The molecule has 0 unspecified atom stereocenters. The number of nitrogens with zero attached hydrogens (tertiary/aromatic N) is 5. The minimum atomic E-state index is -4.77. The lowest BCUT2D eigenvalue weighted by molar-refractivity contribution is -0.141. The monoisotopic (exact) mass is 487 g/mol. The lowest BCUT2D eigenvalue weighted by Gasteiger charge is -2.28. The van der Waals surface area contributed by atoms with Crippen LogP contribution in [-0.4, -0.2) is 36.9 Å². The molecule has 0 spiro atoms. The Kier molecular flexibility index (Phi) is 6.23. The molecule has 1 aromatic carbocycles. The Bertz CT molecular complexity index is 1160. The van der Waals surface area contributed by atoms with Gasteiger partial charge in [0.25, 0.3) is 0 Å². The van der Waals surface area contributed by atoms with Crippen LogP contribution in [0.15, 0.2) is 30.6 Å². The molecule has 1 fully saturated rings. The fraction of sp³-hybridized carbons (Fsp3) is 0.350. The van der Waals surface area contributed by atoms with Crippen molar-refractivity contribution in [3.8, 4) is 11.5 Å². The van der Waals surface area contributed by atoms with Crippen molar-refractivity contribution in [1.29, 1.82) is 0 Å². The molecule has 34 heavy (non-hydrogen) atoms. The first-order valence-electron chi connectivity index (χ1n) is 10.00. The van der Waals surface area contributed by atoms with Crippen molar-refractivity contribution in [2.75, 3.05) is 10.6 Å². The van der Waals surface area contributed by atoms with Crippen LogP contribution >= 0.6 is 0 Å². The van der Waals surface area contributed by atoms with E-state index in [4.69, 9.17) is 0 Å². The summed E-state index contributed by atoms with van der Waals surface area (Å²) in [7, 11) is 0. The van der Waals surface area contributed by atoms with Crippen molar-refractivity contribution in [2.45, 2.75) is 43.8 Å². The number of anilines is 3. The van der Waals surface area contributed by atoms with Gasteiger partial charge in [0, 0.05) is 30.6 Å². The first kappa shape index (κ1) is 23.6. The molecule has 1 aliphatic carbocycles. The van der Waals surface area contributed by atoms with Crippen molar-refractivity contribution in [1.82, 2.24) is 24.9 Å². The second-order valence-corrected chi connectivity index (χ2v) is 7.65. The summed E-state index contributed by atoms with van der Waals surface area (Å²) >= 11 is 0. The van der Waals surface area contributed by atoms with Gasteiger partial charge < -0.3 is 10.6 Å². The number of aromatic nitrogens is 5. The Morgan fingerprint density at radius 2 is 1.50 bits per heavy atom. The first-order valence-corrected chi connectivity index (χ1v) is 10.00. The molecule has 2 heterocycles.